The van der Waals surface area contributed by atoms with E-state index in [9.17, 15) is 18.8 Å². The number of carbonyl (C=O) groups excluding carboxylic acids is 3. The number of amides is 3. The van der Waals surface area contributed by atoms with Crippen LogP contribution in [0.15, 0.2) is 18.2 Å². The maximum absolute atomic E-state index is 13.8. The van der Waals surface area contributed by atoms with Crippen LogP contribution in [0.5, 0.6) is 0 Å². The molecule has 1 atom stereocenters. The number of hydrogen-bond acceptors (Lipinski definition) is 4. The zero-order valence-corrected chi connectivity index (χ0v) is 17.7. The van der Waals surface area contributed by atoms with Gasteiger partial charge in [0.05, 0.1) is 0 Å². The Bertz CT molecular complexity index is 856. The van der Waals surface area contributed by atoms with Gasteiger partial charge in [-0.25, -0.2) is 4.39 Å². The smallest absolute Gasteiger partial charge is 0.255 e. The lowest BCUT2D eigenvalue weighted by Gasteiger charge is -2.33. The molecule has 1 N–H and O–H groups in total. The standard InChI is InChI=1S/C23H30FN3O3/c1-23(2,24)9-12-26-10-7-15(8-11-26)16-3-4-18-17(13-16)14-27(22(18)30)19-5-6-20(28)25-21(19)29/h3-4,13,15,19H,5-12,14H2,1-2H3,(H,25,28,29). The molecule has 4 rings (SSSR count). The molecule has 3 aliphatic heterocycles. The van der Waals surface area contributed by atoms with Crippen molar-refractivity contribution in [3.05, 3.63) is 34.9 Å². The van der Waals surface area contributed by atoms with Crippen LogP contribution >= 0.6 is 0 Å². The number of nitrogens with one attached hydrogen (secondary N) is 1. The van der Waals surface area contributed by atoms with E-state index in [0.717, 1.165) is 38.0 Å². The predicted octanol–water partition coefficient (Wildman–Crippen LogP) is 2.77. The minimum Gasteiger partial charge on any atom is -0.322 e. The summed E-state index contributed by atoms with van der Waals surface area (Å²) in [6, 6.07) is 5.46. The Labute approximate surface area is 176 Å². The van der Waals surface area contributed by atoms with E-state index in [2.05, 4.69) is 16.3 Å². The Morgan fingerprint density at radius 3 is 2.53 bits per heavy atom. The Morgan fingerprint density at radius 1 is 1.13 bits per heavy atom. The Kier molecular flexibility index (Phi) is 5.66. The monoisotopic (exact) mass is 415 g/mol. The van der Waals surface area contributed by atoms with Crippen LogP contribution in [0.3, 0.4) is 0 Å². The first-order valence-electron chi connectivity index (χ1n) is 10.9. The zero-order valence-electron chi connectivity index (χ0n) is 17.7. The van der Waals surface area contributed by atoms with Crippen LogP contribution in [0.1, 0.15) is 73.4 Å². The Balaban J connectivity index is 1.39. The van der Waals surface area contributed by atoms with E-state index in [0.29, 0.717) is 30.9 Å². The summed E-state index contributed by atoms with van der Waals surface area (Å²) in [4.78, 5) is 40.4. The highest BCUT2D eigenvalue weighted by Crippen LogP contribution is 2.33. The molecule has 3 heterocycles. The van der Waals surface area contributed by atoms with Crippen molar-refractivity contribution in [3.63, 3.8) is 0 Å². The summed E-state index contributed by atoms with van der Waals surface area (Å²) < 4.78 is 13.8. The van der Waals surface area contributed by atoms with Crippen molar-refractivity contribution in [1.82, 2.24) is 15.1 Å². The lowest BCUT2D eigenvalue weighted by atomic mass is 9.87. The van der Waals surface area contributed by atoms with E-state index in [1.54, 1.807) is 18.7 Å². The molecule has 3 amide bonds. The van der Waals surface area contributed by atoms with Gasteiger partial charge >= 0.3 is 0 Å². The minimum atomic E-state index is -1.13. The lowest BCUT2D eigenvalue weighted by Crippen LogP contribution is -2.52. The Hall–Kier alpha value is -2.28. The first-order chi connectivity index (χ1) is 14.2. The van der Waals surface area contributed by atoms with Crippen LogP contribution < -0.4 is 5.32 Å². The van der Waals surface area contributed by atoms with Crippen molar-refractivity contribution in [2.24, 2.45) is 0 Å². The van der Waals surface area contributed by atoms with Crippen molar-refractivity contribution in [3.8, 4) is 0 Å². The summed E-state index contributed by atoms with van der Waals surface area (Å²) in [7, 11) is 0. The average molecular weight is 416 g/mol. The molecule has 2 fully saturated rings. The molecule has 7 heteroatoms. The minimum absolute atomic E-state index is 0.130. The van der Waals surface area contributed by atoms with Gasteiger partial charge in [-0.15, -0.1) is 0 Å². The molecule has 0 spiro atoms. The van der Waals surface area contributed by atoms with Gasteiger partial charge in [-0.3, -0.25) is 19.7 Å². The summed E-state index contributed by atoms with van der Waals surface area (Å²) in [6.45, 7) is 6.38. The summed E-state index contributed by atoms with van der Waals surface area (Å²) in [6.07, 6.45) is 3.24. The number of imide groups is 1. The first-order valence-corrected chi connectivity index (χ1v) is 10.9. The third-order valence-corrected chi connectivity index (χ3v) is 6.63. The molecule has 0 aliphatic carbocycles. The topological polar surface area (TPSA) is 69.7 Å². The van der Waals surface area contributed by atoms with Gasteiger partial charge in [0.2, 0.25) is 11.8 Å². The number of alkyl halides is 1. The molecule has 3 aliphatic rings. The summed E-state index contributed by atoms with van der Waals surface area (Å²) in [5.41, 5.74) is 1.73. The number of hydrogen-bond donors (Lipinski definition) is 1. The highest BCUT2D eigenvalue weighted by atomic mass is 19.1. The van der Waals surface area contributed by atoms with Crippen LogP contribution in [-0.2, 0) is 16.1 Å². The van der Waals surface area contributed by atoms with Gasteiger partial charge in [-0.2, -0.15) is 0 Å². The normalized spacial score (nSPS) is 23.6. The van der Waals surface area contributed by atoms with Crippen molar-refractivity contribution in [2.45, 2.75) is 70.1 Å². The van der Waals surface area contributed by atoms with Crippen molar-refractivity contribution in [1.29, 1.82) is 0 Å². The van der Waals surface area contributed by atoms with E-state index in [4.69, 9.17) is 0 Å². The van der Waals surface area contributed by atoms with Gasteiger partial charge in [-0.05, 0) is 75.7 Å². The SMILES string of the molecule is CC(C)(F)CCN1CCC(c2ccc3c(c2)CN(C2CCC(=O)NC2=O)C3=O)CC1. The molecule has 0 aromatic heterocycles. The van der Waals surface area contributed by atoms with Crippen LogP contribution in [-0.4, -0.2) is 58.9 Å². The van der Waals surface area contributed by atoms with E-state index >= 15 is 0 Å². The van der Waals surface area contributed by atoms with Crippen LogP contribution in [0.4, 0.5) is 4.39 Å². The Morgan fingerprint density at radius 2 is 1.87 bits per heavy atom. The quantitative estimate of drug-likeness (QED) is 0.751. The summed E-state index contributed by atoms with van der Waals surface area (Å²) >= 11 is 0. The maximum atomic E-state index is 13.8. The van der Waals surface area contributed by atoms with Gasteiger partial charge in [-0.1, -0.05) is 12.1 Å². The van der Waals surface area contributed by atoms with Crippen LogP contribution in [0.25, 0.3) is 0 Å². The molecule has 0 saturated carbocycles. The van der Waals surface area contributed by atoms with E-state index in [1.807, 2.05) is 12.1 Å². The van der Waals surface area contributed by atoms with Crippen molar-refractivity contribution < 1.29 is 18.8 Å². The van der Waals surface area contributed by atoms with Crippen LogP contribution in [0.2, 0.25) is 0 Å². The number of carbonyl (C=O) groups is 3. The highest BCUT2D eigenvalue weighted by molar-refractivity contribution is 6.05. The fourth-order valence-electron chi connectivity index (χ4n) is 4.76. The average Bonchev–Trinajstić information content (AvgIpc) is 3.02. The number of rotatable bonds is 5. The summed E-state index contributed by atoms with van der Waals surface area (Å²) in [5, 5.41) is 2.34. The number of halogens is 1. The van der Waals surface area contributed by atoms with Gasteiger partial charge in [0.25, 0.3) is 5.91 Å². The molecule has 162 valence electrons. The second kappa shape index (κ2) is 8.10. The molecule has 30 heavy (non-hydrogen) atoms. The molecule has 0 radical (unpaired) electrons. The maximum Gasteiger partial charge on any atom is 0.255 e. The van der Waals surface area contributed by atoms with Gasteiger partial charge in [0, 0.05) is 25.1 Å². The van der Waals surface area contributed by atoms with Gasteiger partial charge < -0.3 is 9.80 Å². The number of likely N-dealkylation sites (tertiary alicyclic amines) is 1. The number of benzene rings is 1. The van der Waals surface area contributed by atoms with Gasteiger partial charge in [0.1, 0.15) is 11.7 Å². The van der Waals surface area contributed by atoms with E-state index < -0.39 is 11.7 Å². The lowest BCUT2D eigenvalue weighted by molar-refractivity contribution is -0.136. The first kappa shape index (κ1) is 21.0. The highest BCUT2D eigenvalue weighted by Gasteiger charge is 2.39. The number of fused-ring (bicyclic) bond motifs is 1. The molecule has 6 nitrogen and oxygen atoms in total. The van der Waals surface area contributed by atoms with Crippen LogP contribution in [0, 0.1) is 0 Å². The third-order valence-electron chi connectivity index (χ3n) is 6.63. The molecule has 1 aromatic rings. The summed E-state index contributed by atoms with van der Waals surface area (Å²) in [5.74, 6) is -0.347. The van der Waals surface area contributed by atoms with Crippen molar-refractivity contribution in [2.75, 3.05) is 19.6 Å². The molecular formula is C23H30FN3O3. The number of nitrogens with zero attached hydrogens (tertiary/aromatic N) is 2. The number of piperidine rings is 2. The third kappa shape index (κ3) is 4.41. The fraction of sp³-hybridized carbons (Fsp3) is 0.609. The second-order valence-electron chi connectivity index (χ2n) is 9.40. The largest absolute Gasteiger partial charge is 0.322 e. The molecular weight excluding hydrogens is 385 g/mol. The van der Waals surface area contributed by atoms with Crippen molar-refractivity contribution >= 4 is 17.7 Å². The van der Waals surface area contributed by atoms with Gasteiger partial charge in [0.15, 0.2) is 0 Å². The second-order valence-corrected chi connectivity index (χ2v) is 9.40. The fourth-order valence-corrected chi connectivity index (χ4v) is 4.76. The van der Waals surface area contributed by atoms with E-state index in [-0.39, 0.29) is 24.1 Å². The predicted molar refractivity (Wildman–Crippen MR) is 111 cm³/mol. The molecule has 0 bridgehead atoms. The van der Waals surface area contributed by atoms with E-state index in [1.165, 1.54) is 5.56 Å². The zero-order chi connectivity index (χ0) is 21.5. The molecule has 2 saturated heterocycles. The molecule has 1 unspecified atom stereocenters. The molecule has 1 aromatic carbocycles.